The lowest BCUT2D eigenvalue weighted by molar-refractivity contribution is -0.132. The second kappa shape index (κ2) is 5.99. The van der Waals surface area contributed by atoms with Gasteiger partial charge in [0.1, 0.15) is 0 Å². The first kappa shape index (κ1) is 16.6. The van der Waals surface area contributed by atoms with Gasteiger partial charge in [-0.3, -0.25) is 19.3 Å². The minimum Gasteiger partial charge on any atom is -0.343 e. The summed E-state index contributed by atoms with van der Waals surface area (Å²) in [4.78, 5) is 37.7. The lowest BCUT2D eigenvalue weighted by Crippen LogP contribution is -2.50. The highest BCUT2D eigenvalue weighted by molar-refractivity contribution is 7.89. The van der Waals surface area contributed by atoms with Crippen LogP contribution in [-0.4, -0.2) is 62.0 Å². The maximum absolute atomic E-state index is 12.6. The number of piperazine rings is 1. The molecule has 0 unspecified atom stereocenters. The van der Waals surface area contributed by atoms with Gasteiger partial charge in [-0.15, -0.1) is 0 Å². The highest BCUT2D eigenvalue weighted by Gasteiger charge is 2.33. The van der Waals surface area contributed by atoms with Gasteiger partial charge in [0.05, 0.1) is 17.1 Å². The second-order valence-electron chi connectivity index (χ2n) is 5.77. The fourth-order valence-corrected chi connectivity index (χ4v) is 4.10. The van der Waals surface area contributed by atoms with E-state index in [4.69, 9.17) is 0 Å². The van der Waals surface area contributed by atoms with Crippen LogP contribution in [0, 0.1) is 0 Å². The molecule has 0 bridgehead atoms. The summed E-state index contributed by atoms with van der Waals surface area (Å²) in [5.74, 6) is -0.838. The molecule has 0 radical (unpaired) electrons. The first-order valence-electron chi connectivity index (χ1n) is 7.50. The number of benzene rings is 1. The summed E-state index contributed by atoms with van der Waals surface area (Å²) in [6, 6.07) is 5.58. The summed E-state index contributed by atoms with van der Waals surface area (Å²) in [6.45, 7) is 0.381. The molecule has 128 valence electrons. The van der Waals surface area contributed by atoms with Gasteiger partial charge in [0, 0.05) is 33.0 Å². The number of hydrogen-bond acceptors (Lipinski definition) is 5. The van der Waals surface area contributed by atoms with Crippen LogP contribution in [0.5, 0.6) is 0 Å². The summed E-state index contributed by atoms with van der Waals surface area (Å²) < 4.78 is 26.4. The summed E-state index contributed by atoms with van der Waals surface area (Å²) in [6.07, 6.45) is 0.338. The molecule has 8 nitrogen and oxygen atoms in total. The third-order valence-corrected chi connectivity index (χ3v) is 6.07. The molecule has 2 fully saturated rings. The zero-order valence-electron chi connectivity index (χ0n) is 13.1. The lowest BCUT2D eigenvalue weighted by Gasteiger charge is -2.31. The quantitative estimate of drug-likeness (QED) is 0.703. The average Bonchev–Trinajstić information content (AvgIpc) is 2.89. The zero-order chi connectivity index (χ0) is 17.5. The van der Waals surface area contributed by atoms with Crippen LogP contribution in [-0.2, 0) is 24.4 Å². The van der Waals surface area contributed by atoms with Gasteiger partial charge in [0.2, 0.25) is 27.7 Å². The molecule has 0 saturated carbocycles. The molecule has 3 rings (SSSR count). The van der Waals surface area contributed by atoms with Gasteiger partial charge < -0.3 is 4.90 Å². The lowest BCUT2D eigenvalue weighted by atomic mass is 10.3. The van der Waals surface area contributed by atoms with E-state index >= 15 is 0 Å². The number of anilines is 1. The molecule has 1 aromatic carbocycles. The molecule has 1 aromatic rings. The SMILES string of the molecule is CN1CCN(S(=O)(=O)c2ccc(N3C(=O)CCC3=O)cc2)CC1=O. The van der Waals surface area contributed by atoms with Crippen molar-refractivity contribution in [2.24, 2.45) is 0 Å². The Kier molecular flexibility index (Phi) is 4.14. The maximum atomic E-state index is 12.6. The standard InChI is InChI=1S/C15H17N3O5S/c1-16-8-9-17(10-15(16)21)24(22,23)12-4-2-11(3-5-12)18-13(19)6-7-14(18)20/h2-5H,6-10H2,1H3. The molecule has 9 heteroatoms. The summed E-state index contributed by atoms with van der Waals surface area (Å²) in [5.41, 5.74) is 0.357. The molecular weight excluding hydrogens is 334 g/mol. The van der Waals surface area contributed by atoms with E-state index in [0.717, 1.165) is 9.21 Å². The highest BCUT2D eigenvalue weighted by atomic mass is 32.2. The van der Waals surface area contributed by atoms with E-state index < -0.39 is 10.0 Å². The molecule has 0 atom stereocenters. The van der Waals surface area contributed by atoms with E-state index in [-0.39, 0.29) is 48.5 Å². The van der Waals surface area contributed by atoms with Crippen molar-refractivity contribution in [3.8, 4) is 0 Å². The Morgan fingerprint density at radius 2 is 1.46 bits per heavy atom. The van der Waals surface area contributed by atoms with Crippen LogP contribution in [0.25, 0.3) is 0 Å². The normalized spacial score (nSPS) is 20.1. The van der Waals surface area contributed by atoms with Crippen LogP contribution in [0.4, 0.5) is 5.69 Å². The second-order valence-corrected chi connectivity index (χ2v) is 7.71. The number of rotatable bonds is 3. The van der Waals surface area contributed by atoms with Gasteiger partial charge in [0.25, 0.3) is 0 Å². The van der Waals surface area contributed by atoms with E-state index in [0.29, 0.717) is 12.2 Å². The Morgan fingerprint density at radius 3 is 2.00 bits per heavy atom. The third-order valence-electron chi connectivity index (χ3n) is 4.21. The Balaban J connectivity index is 1.83. The summed E-state index contributed by atoms with van der Waals surface area (Å²) >= 11 is 0. The first-order chi connectivity index (χ1) is 11.3. The molecule has 2 aliphatic rings. The minimum absolute atomic E-state index is 0.0303. The average molecular weight is 351 g/mol. The predicted molar refractivity (Wildman–Crippen MR) is 84.6 cm³/mol. The van der Waals surface area contributed by atoms with Crippen molar-refractivity contribution in [3.63, 3.8) is 0 Å². The number of amides is 3. The van der Waals surface area contributed by atoms with E-state index in [1.165, 1.54) is 29.2 Å². The van der Waals surface area contributed by atoms with E-state index in [1.54, 1.807) is 7.05 Å². The third kappa shape index (κ3) is 2.80. The molecule has 2 aliphatic heterocycles. The Bertz CT molecular complexity index is 787. The number of carbonyl (C=O) groups is 3. The van der Waals surface area contributed by atoms with Crippen molar-refractivity contribution in [3.05, 3.63) is 24.3 Å². The van der Waals surface area contributed by atoms with Crippen LogP contribution in [0.3, 0.4) is 0 Å². The van der Waals surface area contributed by atoms with Crippen molar-refractivity contribution in [2.75, 3.05) is 31.6 Å². The maximum Gasteiger partial charge on any atom is 0.243 e. The zero-order valence-corrected chi connectivity index (χ0v) is 14.0. The van der Waals surface area contributed by atoms with Crippen molar-refractivity contribution >= 4 is 33.4 Å². The number of nitrogens with zero attached hydrogens (tertiary/aromatic N) is 3. The van der Waals surface area contributed by atoms with Crippen LogP contribution >= 0.6 is 0 Å². The van der Waals surface area contributed by atoms with Crippen molar-refractivity contribution in [1.82, 2.24) is 9.21 Å². The van der Waals surface area contributed by atoms with Crippen LogP contribution in [0.1, 0.15) is 12.8 Å². The van der Waals surface area contributed by atoms with Crippen molar-refractivity contribution in [1.29, 1.82) is 0 Å². The molecule has 2 saturated heterocycles. The summed E-state index contributed by atoms with van der Waals surface area (Å²) in [7, 11) is -2.16. The number of hydrogen-bond donors (Lipinski definition) is 0. The number of imide groups is 1. The van der Waals surface area contributed by atoms with Crippen LogP contribution in [0.15, 0.2) is 29.2 Å². The molecule has 0 N–H and O–H groups in total. The van der Waals surface area contributed by atoms with Crippen LogP contribution in [0.2, 0.25) is 0 Å². The molecule has 24 heavy (non-hydrogen) atoms. The fraction of sp³-hybridized carbons (Fsp3) is 0.400. The van der Waals surface area contributed by atoms with E-state index in [2.05, 4.69) is 0 Å². The van der Waals surface area contributed by atoms with Gasteiger partial charge in [0.15, 0.2) is 0 Å². The van der Waals surface area contributed by atoms with Gasteiger partial charge >= 0.3 is 0 Å². The van der Waals surface area contributed by atoms with E-state index in [1.807, 2.05) is 0 Å². The summed E-state index contributed by atoms with van der Waals surface area (Å²) in [5, 5.41) is 0. The Labute approximate surface area is 139 Å². The Hall–Kier alpha value is -2.26. The van der Waals surface area contributed by atoms with Gasteiger partial charge in [-0.25, -0.2) is 8.42 Å². The van der Waals surface area contributed by atoms with Crippen LogP contribution < -0.4 is 4.90 Å². The molecule has 0 aliphatic carbocycles. The van der Waals surface area contributed by atoms with Gasteiger partial charge in [-0.1, -0.05) is 0 Å². The molecule has 3 amide bonds. The number of sulfonamides is 1. The predicted octanol–water partition coefficient (Wildman–Crippen LogP) is -0.197. The van der Waals surface area contributed by atoms with Crippen molar-refractivity contribution < 1.29 is 22.8 Å². The fourth-order valence-electron chi connectivity index (χ4n) is 2.72. The minimum atomic E-state index is -3.79. The molecule has 2 heterocycles. The Morgan fingerprint density at radius 1 is 0.875 bits per heavy atom. The van der Waals surface area contributed by atoms with Gasteiger partial charge in [-0.05, 0) is 24.3 Å². The largest absolute Gasteiger partial charge is 0.343 e. The topological polar surface area (TPSA) is 95.1 Å². The molecule has 0 aromatic heterocycles. The van der Waals surface area contributed by atoms with Crippen molar-refractivity contribution in [2.45, 2.75) is 17.7 Å². The first-order valence-corrected chi connectivity index (χ1v) is 8.94. The number of likely N-dealkylation sites (N-methyl/N-ethyl adjacent to an activating group) is 1. The molecular formula is C15H17N3O5S. The highest BCUT2D eigenvalue weighted by Crippen LogP contribution is 2.25. The van der Waals surface area contributed by atoms with Gasteiger partial charge in [-0.2, -0.15) is 4.31 Å². The van der Waals surface area contributed by atoms with E-state index in [9.17, 15) is 22.8 Å². The molecule has 0 spiro atoms. The smallest absolute Gasteiger partial charge is 0.243 e. The monoisotopic (exact) mass is 351 g/mol. The number of carbonyl (C=O) groups excluding carboxylic acids is 3.